The van der Waals surface area contributed by atoms with Gasteiger partial charge < -0.3 is 23.8 Å². The van der Waals surface area contributed by atoms with Crippen molar-refractivity contribution in [2.24, 2.45) is 5.41 Å². The van der Waals surface area contributed by atoms with Gasteiger partial charge in [-0.15, -0.1) is 11.3 Å². The van der Waals surface area contributed by atoms with Gasteiger partial charge in [0.25, 0.3) is 6.47 Å². The Hall–Kier alpha value is -3.53. The molecule has 8 nitrogen and oxygen atoms in total. The van der Waals surface area contributed by atoms with Crippen LogP contribution in [-0.2, 0) is 33.7 Å². The van der Waals surface area contributed by atoms with Gasteiger partial charge in [0.05, 0.1) is 46.7 Å². The first-order valence-corrected chi connectivity index (χ1v) is 19.2. The predicted octanol–water partition coefficient (Wildman–Crippen LogP) is 9.12. The van der Waals surface area contributed by atoms with Crippen molar-refractivity contribution >= 4 is 34.4 Å². The minimum absolute atomic E-state index is 0.190. The highest BCUT2D eigenvalue weighted by molar-refractivity contribution is 7.09. The molecule has 5 rings (SSSR count). The van der Waals surface area contributed by atoms with Crippen LogP contribution >= 0.6 is 11.3 Å². The number of ether oxygens (including phenoxy) is 2. The van der Waals surface area contributed by atoms with Crippen LogP contribution in [0.15, 0.2) is 47.5 Å². The van der Waals surface area contributed by atoms with E-state index in [0.29, 0.717) is 13.1 Å². The van der Waals surface area contributed by atoms with Gasteiger partial charge in [-0.05, 0) is 90.6 Å². The zero-order valence-corrected chi connectivity index (χ0v) is 32.4. The average Bonchev–Trinajstić information content (AvgIpc) is 3.70. The quantitative estimate of drug-likeness (QED) is 0.0619. The largest absolute Gasteiger partial charge is 0.467 e. The first-order valence-electron chi connectivity index (χ1n) is 18.3. The lowest BCUT2D eigenvalue weighted by atomic mass is 9.84. The number of carbonyl (C=O) groups is 1. The van der Waals surface area contributed by atoms with Gasteiger partial charge in [0.2, 0.25) is 0 Å². The van der Waals surface area contributed by atoms with Gasteiger partial charge in [-0.3, -0.25) is 9.78 Å². The fourth-order valence-electron chi connectivity index (χ4n) is 7.06. The second-order valence-corrected chi connectivity index (χ2v) is 15.8. The van der Waals surface area contributed by atoms with Crippen LogP contribution in [0.4, 0.5) is 5.69 Å². The van der Waals surface area contributed by atoms with Crippen molar-refractivity contribution in [2.75, 3.05) is 51.8 Å². The third-order valence-corrected chi connectivity index (χ3v) is 10.9. The summed E-state index contributed by atoms with van der Waals surface area (Å²) in [5, 5.41) is 4.61. The summed E-state index contributed by atoms with van der Waals surface area (Å²) in [6.07, 6.45) is 10.7. The van der Waals surface area contributed by atoms with E-state index in [9.17, 15) is 4.79 Å². The van der Waals surface area contributed by atoms with Crippen molar-refractivity contribution in [3.63, 3.8) is 0 Å². The number of fused-ring (bicyclic) bond motifs is 1. The number of rotatable bonds is 17. The molecule has 4 heterocycles. The molecular formula is C41H57N5O3S. The molecule has 1 saturated heterocycles. The normalized spacial score (nSPS) is 14.7. The zero-order chi connectivity index (χ0) is 35.8. The number of anilines is 1. The average molecular weight is 700 g/mol. The number of thiazole rings is 1. The van der Waals surface area contributed by atoms with Crippen LogP contribution < -0.4 is 4.90 Å². The van der Waals surface area contributed by atoms with Gasteiger partial charge in [-0.25, -0.2) is 4.98 Å². The van der Waals surface area contributed by atoms with Gasteiger partial charge in [0.1, 0.15) is 0 Å². The zero-order valence-electron chi connectivity index (χ0n) is 31.6. The monoisotopic (exact) mass is 699 g/mol. The minimum atomic E-state index is -0.298. The second-order valence-electron chi connectivity index (χ2n) is 14.9. The van der Waals surface area contributed by atoms with E-state index in [2.05, 4.69) is 98.7 Å². The van der Waals surface area contributed by atoms with Gasteiger partial charge in [0, 0.05) is 72.7 Å². The number of nitrogens with zero attached hydrogens (tertiary/aromatic N) is 5. The summed E-state index contributed by atoms with van der Waals surface area (Å²) in [6.45, 7) is 18.6. The molecule has 1 aliphatic heterocycles. The molecule has 0 saturated carbocycles. The molecule has 0 spiro atoms. The van der Waals surface area contributed by atoms with Crippen LogP contribution in [0.1, 0.15) is 89.6 Å². The summed E-state index contributed by atoms with van der Waals surface area (Å²) < 4.78 is 13.7. The molecule has 1 unspecified atom stereocenters. The lowest BCUT2D eigenvalue weighted by Gasteiger charge is -2.34. The number of likely N-dealkylation sites (N-methyl/N-ethyl adjacent to an activating group) is 1. The van der Waals surface area contributed by atoms with Crippen molar-refractivity contribution in [1.82, 2.24) is 19.4 Å². The maximum absolute atomic E-state index is 11.3. The minimum Gasteiger partial charge on any atom is -0.467 e. The lowest BCUT2D eigenvalue weighted by molar-refractivity contribution is -0.131. The Labute approximate surface area is 303 Å². The van der Waals surface area contributed by atoms with Crippen LogP contribution in [0.5, 0.6) is 0 Å². The van der Waals surface area contributed by atoms with E-state index >= 15 is 0 Å². The fraction of sp³-hybridized carbons (Fsp3) is 0.537. The molecule has 1 fully saturated rings. The molecule has 0 aliphatic carbocycles. The van der Waals surface area contributed by atoms with Crippen LogP contribution in [0.25, 0.3) is 33.4 Å². The van der Waals surface area contributed by atoms with Crippen LogP contribution in [-0.4, -0.2) is 72.9 Å². The van der Waals surface area contributed by atoms with E-state index in [1.165, 1.54) is 39.9 Å². The number of aromatic nitrogens is 3. The Bertz CT molecular complexity index is 1760. The molecule has 9 heteroatoms. The maximum atomic E-state index is 11.3. The smallest absolute Gasteiger partial charge is 0.293 e. The van der Waals surface area contributed by atoms with Crippen LogP contribution in [0, 0.1) is 5.41 Å². The Balaban J connectivity index is 1.59. The first kappa shape index (κ1) is 37.7. The van der Waals surface area contributed by atoms with Crippen molar-refractivity contribution in [2.45, 2.75) is 92.7 Å². The fourth-order valence-corrected chi connectivity index (χ4v) is 7.91. The Morgan fingerprint density at radius 3 is 2.58 bits per heavy atom. The van der Waals surface area contributed by atoms with E-state index < -0.39 is 0 Å². The Kier molecular flexibility index (Phi) is 12.9. The van der Waals surface area contributed by atoms with Gasteiger partial charge in [-0.2, -0.15) is 0 Å². The lowest BCUT2D eigenvalue weighted by Crippen LogP contribution is -2.44. The highest BCUT2D eigenvalue weighted by Gasteiger charge is 2.29. The standard InChI is InChI=1S/C41H57N5O3S/c1-9-46-37-17-16-31(36-26-50-38(43-36)15-13-11-10-12-14-29(2)3)22-33(37)35(24-41(5,6)27-49-28-47)40(46)34-23-32(25-42-39(34)30(4)48-8)45-20-18-44(7)19-21-45/h14,16-17,22-23,25-26,28,30H,9-13,15,18-21,24,27H2,1-8H3. The van der Waals surface area contributed by atoms with E-state index in [0.717, 1.165) is 92.3 Å². The van der Waals surface area contributed by atoms with Gasteiger partial charge in [-0.1, -0.05) is 38.0 Å². The van der Waals surface area contributed by atoms with Crippen molar-refractivity contribution in [3.05, 3.63) is 63.8 Å². The molecule has 0 radical (unpaired) electrons. The molecule has 270 valence electrons. The molecule has 0 amide bonds. The third kappa shape index (κ3) is 9.03. The summed E-state index contributed by atoms with van der Waals surface area (Å²) in [6, 6.07) is 9.13. The molecule has 4 aromatic rings. The molecule has 0 bridgehead atoms. The second kappa shape index (κ2) is 17.1. The summed E-state index contributed by atoms with van der Waals surface area (Å²) >= 11 is 1.77. The number of hydrogen-bond donors (Lipinski definition) is 0. The number of carbonyl (C=O) groups excluding carboxylic acids is 1. The van der Waals surface area contributed by atoms with Crippen molar-refractivity contribution in [3.8, 4) is 22.5 Å². The summed E-state index contributed by atoms with van der Waals surface area (Å²) in [7, 11) is 3.93. The number of pyridine rings is 1. The highest BCUT2D eigenvalue weighted by atomic mass is 32.1. The number of methoxy groups -OCH3 is 1. The number of allylic oxidation sites excluding steroid dienone is 2. The molecule has 1 aromatic carbocycles. The third-order valence-electron chi connectivity index (χ3n) is 9.94. The number of unbranched alkanes of at least 4 members (excludes halogenated alkanes) is 3. The Morgan fingerprint density at radius 2 is 1.88 bits per heavy atom. The van der Waals surface area contributed by atoms with Crippen molar-refractivity contribution < 1.29 is 14.3 Å². The molecule has 1 atom stereocenters. The summed E-state index contributed by atoms with van der Waals surface area (Å²) in [5.41, 5.74) is 9.99. The van der Waals surface area contributed by atoms with E-state index in [-0.39, 0.29) is 11.5 Å². The molecule has 3 aromatic heterocycles. The summed E-state index contributed by atoms with van der Waals surface area (Å²) in [4.78, 5) is 26.3. The molecular weight excluding hydrogens is 643 g/mol. The number of benzene rings is 1. The maximum Gasteiger partial charge on any atom is 0.293 e. The highest BCUT2D eigenvalue weighted by Crippen LogP contribution is 2.43. The topological polar surface area (TPSA) is 72.7 Å². The first-order chi connectivity index (χ1) is 24.0. The van der Waals surface area contributed by atoms with E-state index in [1.54, 1.807) is 18.4 Å². The number of hydrogen-bond acceptors (Lipinski definition) is 8. The Morgan fingerprint density at radius 1 is 1.10 bits per heavy atom. The number of aryl methyl sites for hydroxylation is 2. The van der Waals surface area contributed by atoms with E-state index in [1.807, 2.05) is 6.20 Å². The molecule has 0 N–H and O–H groups in total. The molecule has 1 aliphatic rings. The van der Waals surface area contributed by atoms with E-state index in [4.69, 9.17) is 19.4 Å². The summed E-state index contributed by atoms with van der Waals surface area (Å²) in [5.74, 6) is 0. The van der Waals surface area contributed by atoms with Gasteiger partial charge in [0.15, 0.2) is 0 Å². The molecule has 50 heavy (non-hydrogen) atoms. The van der Waals surface area contributed by atoms with Crippen molar-refractivity contribution in [1.29, 1.82) is 0 Å². The number of piperazine rings is 1. The van der Waals surface area contributed by atoms with Crippen LogP contribution in [0.3, 0.4) is 0 Å². The SMILES string of the molecule is CCn1c(-c2cc(N3CCN(C)CC3)cnc2C(C)OC)c(CC(C)(C)COC=O)c2cc(-c3csc(CCCCCC=C(C)C)n3)ccc21. The van der Waals surface area contributed by atoms with Crippen LogP contribution in [0.2, 0.25) is 0 Å². The predicted molar refractivity (Wildman–Crippen MR) is 208 cm³/mol. The van der Waals surface area contributed by atoms with Gasteiger partial charge >= 0.3 is 0 Å².